The van der Waals surface area contributed by atoms with Crippen molar-refractivity contribution in [1.82, 2.24) is 4.90 Å². The summed E-state index contributed by atoms with van der Waals surface area (Å²) in [4.78, 5) is 13.2. The molecule has 1 aliphatic rings. The predicted octanol–water partition coefficient (Wildman–Crippen LogP) is 3.59. The monoisotopic (exact) mass is 253 g/mol. The molecule has 18 heavy (non-hydrogen) atoms. The van der Waals surface area contributed by atoms with Crippen LogP contribution < -0.4 is 0 Å². The molecular formula is C14H20FNO2. The number of hydrogen-bond acceptors (Lipinski definition) is 2. The maximum atomic E-state index is 13.3. The molecule has 0 saturated heterocycles. The Morgan fingerprint density at radius 2 is 2.17 bits per heavy atom. The number of carbonyl (C=O) groups excluding carboxylic acids is 1. The second kappa shape index (κ2) is 5.85. The summed E-state index contributed by atoms with van der Waals surface area (Å²) in [6, 6.07) is 0. The molecule has 0 atom stereocenters. The van der Waals surface area contributed by atoms with Crippen LogP contribution in [0.4, 0.5) is 9.18 Å². The van der Waals surface area contributed by atoms with Crippen LogP contribution in [-0.2, 0) is 4.74 Å². The number of hydrogen-bond donors (Lipinski definition) is 0. The van der Waals surface area contributed by atoms with Crippen LogP contribution in [0.3, 0.4) is 0 Å². The van der Waals surface area contributed by atoms with Gasteiger partial charge in [0.05, 0.1) is 0 Å². The summed E-state index contributed by atoms with van der Waals surface area (Å²) < 4.78 is 18.5. The molecule has 0 spiro atoms. The van der Waals surface area contributed by atoms with Crippen LogP contribution in [0.15, 0.2) is 35.7 Å². The van der Waals surface area contributed by atoms with E-state index in [1.54, 1.807) is 25.3 Å². The lowest BCUT2D eigenvalue weighted by Gasteiger charge is -2.24. The van der Waals surface area contributed by atoms with Gasteiger partial charge in [-0.1, -0.05) is 18.2 Å². The largest absolute Gasteiger partial charge is 0.444 e. The molecule has 0 saturated carbocycles. The summed E-state index contributed by atoms with van der Waals surface area (Å²) in [6.07, 6.45) is 6.68. The average molecular weight is 253 g/mol. The van der Waals surface area contributed by atoms with E-state index in [9.17, 15) is 9.18 Å². The number of carbonyl (C=O) groups is 1. The third kappa shape index (κ3) is 5.17. The van der Waals surface area contributed by atoms with Crippen molar-refractivity contribution in [2.45, 2.75) is 32.8 Å². The van der Waals surface area contributed by atoms with Crippen molar-refractivity contribution in [3.63, 3.8) is 0 Å². The van der Waals surface area contributed by atoms with Crippen molar-refractivity contribution in [1.29, 1.82) is 0 Å². The highest BCUT2D eigenvalue weighted by molar-refractivity contribution is 5.68. The van der Waals surface area contributed by atoms with Crippen LogP contribution in [0.1, 0.15) is 27.2 Å². The minimum absolute atomic E-state index is 0.201. The zero-order chi connectivity index (χ0) is 13.8. The van der Waals surface area contributed by atoms with Crippen molar-refractivity contribution >= 4 is 6.09 Å². The van der Waals surface area contributed by atoms with Gasteiger partial charge in [0.25, 0.3) is 0 Å². The number of allylic oxidation sites excluding steroid dienone is 4. The van der Waals surface area contributed by atoms with Crippen LogP contribution >= 0.6 is 0 Å². The van der Waals surface area contributed by atoms with E-state index >= 15 is 0 Å². The first-order valence-corrected chi connectivity index (χ1v) is 5.94. The second-order valence-corrected chi connectivity index (χ2v) is 5.30. The van der Waals surface area contributed by atoms with Crippen molar-refractivity contribution in [3.05, 3.63) is 35.7 Å². The van der Waals surface area contributed by atoms with Crippen molar-refractivity contribution in [2.24, 2.45) is 0 Å². The Morgan fingerprint density at radius 3 is 2.78 bits per heavy atom. The summed E-state index contributed by atoms with van der Waals surface area (Å²) in [5.74, 6) is -0.201. The van der Waals surface area contributed by atoms with E-state index in [0.29, 0.717) is 13.0 Å². The molecule has 3 nitrogen and oxygen atoms in total. The Hall–Kier alpha value is -1.58. The van der Waals surface area contributed by atoms with Gasteiger partial charge in [0, 0.05) is 20.0 Å². The summed E-state index contributed by atoms with van der Waals surface area (Å²) in [5, 5.41) is 0. The molecular weight excluding hydrogens is 233 g/mol. The number of rotatable bonds is 2. The SMILES string of the molecule is CN(CC1=CC=CCC(F)=C1)C(=O)OC(C)(C)C. The fraction of sp³-hybridized carbons (Fsp3) is 0.500. The highest BCUT2D eigenvalue weighted by Crippen LogP contribution is 2.15. The second-order valence-electron chi connectivity index (χ2n) is 5.30. The third-order valence-corrected chi connectivity index (χ3v) is 2.23. The van der Waals surface area contributed by atoms with Gasteiger partial charge in [-0.05, 0) is 32.4 Å². The number of halogens is 1. The minimum Gasteiger partial charge on any atom is -0.444 e. The molecule has 0 aromatic rings. The standard InChI is InChI=1S/C14H20FNO2/c1-14(2,3)18-13(17)16(4)10-11-7-5-6-8-12(15)9-11/h5-7,9H,8,10H2,1-4H3. The first-order chi connectivity index (χ1) is 8.28. The smallest absolute Gasteiger partial charge is 0.410 e. The molecule has 1 rings (SSSR count). The first kappa shape index (κ1) is 14.5. The molecule has 0 fully saturated rings. The van der Waals surface area contributed by atoms with Crippen LogP contribution in [0.2, 0.25) is 0 Å². The van der Waals surface area contributed by atoms with Crippen molar-refractivity contribution in [3.8, 4) is 0 Å². The number of likely N-dealkylation sites (N-methyl/N-ethyl adjacent to an activating group) is 1. The van der Waals surface area contributed by atoms with E-state index in [2.05, 4.69) is 0 Å². The average Bonchev–Trinajstić information content (AvgIpc) is 2.40. The lowest BCUT2D eigenvalue weighted by molar-refractivity contribution is 0.0314. The van der Waals surface area contributed by atoms with Crippen LogP contribution in [0.5, 0.6) is 0 Å². The topological polar surface area (TPSA) is 29.5 Å². The maximum absolute atomic E-state index is 13.3. The molecule has 0 aliphatic heterocycles. The Bertz CT molecular complexity index is 403. The molecule has 0 bridgehead atoms. The summed E-state index contributed by atoms with van der Waals surface area (Å²) in [5.41, 5.74) is 0.221. The van der Waals surface area contributed by atoms with Gasteiger partial charge in [0.15, 0.2) is 0 Å². The summed E-state index contributed by atoms with van der Waals surface area (Å²) in [6.45, 7) is 5.76. The number of ether oxygens (including phenoxy) is 1. The number of nitrogens with zero attached hydrogens (tertiary/aromatic N) is 1. The minimum atomic E-state index is -0.524. The quantitative estimate of drug-likeness (QED) is 0.752. The normalized spacial score (nSPS) is 15.6. The lowest BCUT2D eigenvalue weighted by atomic mass is 10.2. The molecule has 0 radical (unpaired) electrons. The maximum Gasteiger partial charge on any atom is 0.410 e. The van der Waals surface area contributed by atoms with E-state index in [-0.39, 0.29) is 5.83 Å². The van der Waals surface area contributed by atoms with Gasteiger partial charge in [0.2, 0.25) is 0 Å². The van der Waals surface area contributed by atoms with Crippen LogP contribution in [-0.4, -0.2) is 30.2 Å². The van der Waals surface area contributed by atoms with Crippen LogP contribution in [0, 0.1) is 0 Å². The summed E-state index contributed by atoms with van der Waals surface area (Å²) >= 11 is 0. The molecule has 1 amide bonds. The van der Waals surface area contributed by atoms with Gasteiger partial charge in [-0.2, -0.15) is 0 Å². The first-order valence-electron chi connectivity index (χ1n) is 5.94. The zero-order valence-electron chi connectivity index (χ0n) is 11.4. The van der Waals surface area contributed by atoms with E-state index in [4.69, 9.17) is 4.74 Å². The highest BCUT2D eigenvalue weighted by atomic mass is 19.1. The fourth-order valence-electron chi connectivity index (χ4n) is 1.46. The van der Waals surface area contributed by atoms with Gasteiger partial charge >= 0.3 is 6.09 Å². The molecule has 0 unspecified atom stereocenters. The molecule has 0 heterocycles. The molecule has 100 valence electrons. The van der Waals surface area contributed by atoms with Crippen molar-refractivity contribution in [2.75, 3.05) is 13.6 Å². The Labute approximate surface area is 108 Å². The fourth-order valence-corrected chi connectivity index (χ4v) is 1.46. The van der Waals surface area contributed by atoms with E-state index in [0.717, 1.165) is 5.57 Å². The summed E-state index contributed by atoms with van der Waals surface area (Å²) in [7, 11) is 1.63. The van der Waals surface area contributed by atoms with Gasteiger partial charge in [-0.15, -0.1) is 0 Å². The van der Waals surface area contributed by atoms with E-state index < -0.39 is 11.7 Å². The lowest BCUT2D eigenvalue weighted by Crippen LogP contribution is -2.35. The van der Waals surface area contributed by atoms with E-state index in [1.165, 1.54) is 11.0 Å². The molecule has 4 heteroatoms. The van der Waals surface area contributed by atoms with Gasteiger partial charge in [-0.25, -0.2) is 9.18 Å². The zero-order valence-corrected chi connectivity index (χ0v) is 11.4. The van der Waals surface area contributed by atoms with Gasteiger partial charge in [-0.3, -0.25) is 0 Å². The van der Waals surface area contributed by atoms with Crippen LogP contribution in [0.25, 0.3) is 0 Å². The molecule has 0 aromatic heterocycles. The Kier molecular flexibility index (Phi) is 4.70. The molecule has 0 N–H and O–H groups in total. The third-order valence-electron chi connectivity index (χ3n) is 2.23. The molecule has 0 aromatic carbocycles. The Morgan fingerprint density at radius 1 is 1.50 bits per heavy atom. The highest BCUT2D eigenvalue weighted by Gasteiger charge is 2.19. The number of amides is 1. The predicted molar refractivity (Wildman–Crippen MR) is 69.9 cm³/mol. The van der Waals surface area contributed by atoms with Crippen molar-refractivity contribution < 1.29 is 13.9 Å². The molecule has 1 aliphatic carbocycles. The Balaban J connectivity index is 2.62. The van der Waals surface area contributed by atoms with E-state index in [1.807, 2.05) is 20.8 Å². The van der Waals surface area contributed by atoms with Gasteiger partial charge in [0.1, 0.15) is 11.4 Å². The van der Waals surface area contributed by atoms with Gasteiger partial charge < -0.3 is 9.64 Å².